The predicted molar refractivity (Wildman–Crippen MR) is 179 cm³/mol. The van der Waals surface area contributed by atoms with Crippen LogP contribution in [0.25, 0.3) is 11.4 Å². The molecule has 0 aliphatic carbocycles. The molecule has 252 valence electrons. The van der Waals surface area contributed by atoms with Gasteiger partial charge in [0.15, 0.2) is 11.6 Å². The summed E-state index contributed by atoms with van der Waals surface area (Å²) in [4.78, 5) is 48.4. The average molecular weight is 679 g/mol. The van der Waals surface area contributed by atoms with E-state index >= 15 is 0 Å². The molecule has 2 aromatic heterocycles. The molecule has 2 amide bonds. The number of carboxylic acids is 1. The van der Waals surface area contributed by atoms with Crippen LogP contribution in [0.1, 0.15) is 48.4 Å². The van der Waals surface area contributed by atoms with Crippen molar-refractivity contribution in [2.45, 2.75) is 6.92 Å². The number of nitrogens with one attached hydrogen (secondary N) is 2. The first-order chi connectivity index (χ1) is 24.2. The second kappa shape index (κ2) is 15.8. The first-order valence-corrected chi connectivity index (χ1v) is 15.0. The Labute approximate surface area is 283 Å². The van der Waals surface area contributed by atoms with E-state index in [1.807, 2.05) is 24.3 Å². The zero-order valence-corrected chi connectivity index (χ0v) is 26.3. The number of anilines is 2. The molecule has 0 radical (unpaired) electrons. The Bertz CT molecular complexity index is 2120. The number of nitrogens with zero attached hydrogens (tertiary/aromatic N) is 4. The fraction of sp³-hybridized carbons (Fsp3) is 0.0556. The molecule has 50 heavy (non-hydrogen) atoms. The topological polar surface area (TPSA) is 157 Å². The normalized spacial score (nSPS) is 10.4. The highest BCUT2D eigenvalue weighted by Crippen LogP contribution is 2.23. The number of amides is 2. The second-order valence-corrected chi connectivity index (χ2v) is 10.3. The zero-order chi connectivity index (χ0) is 35.6. The molecule has 0 fully saturated rings. The molecule has 4 aromatic carbocycles. The van der Waals surface area contributed by atoms with Gasteiger partial charge in [-0.1, -0.05) is 36.4 Å². The van der Waals surface area contributed by atoms with Crippen molar-refractivity contribution < 1.29 is 37.8 Å². The molecule has 0 saturated carbocycles. The van der Waals surface area contributed by atoms with E-state index in [2.05, 4.69) is 20.8 Å². The molecule has 6 rings (SSSR count). The summed E-state index contributed by atoms with van der Waals surface area (Å²) in [5, 5.41) is 22.7. The third-order valence-electron chi connectivity index (χ3n) is 6.94. The molecule has 0 bridgehead atoms. The molecule has 6 aromatic rings. The van der Waals surface area contributed by atoms with Crippen molar-refractivity contribution in [3.8, 4) is 11.4 Å². The minimum Gasteiger partial charge on any atom is -0.477 e. The molecular formula is C36H28F2N6O6. The van der Waals surface area contributed by atoms with Gasteiger partial charge in [-0.05, 0) is 79.7 Å². The SMILES string of the molecule is CCOC(=O)c1cnn(-c2ccccc2)c1NC(=O)c1ccc(F)cc1.O=C(Nc1c(C(=O)O)cnn1-c1ccccc1)c1ccc(F)cc1. The van der Waals surface area contributed by atoms with Crippen LogP contribution in [-0.2, 0) is 4.74 Å². The number of benzene rings is 4. The summed E-state index contributed by atoms with van der Waals surface area (Å²) in [6.07, 6.45) is 2.50. The fourth-order valence-corrected chi connectivity index (χ4v) is 4.54. The quantitative estimate of drug-likeness (QED) is 0.148. The Morgan fingerprint density at radius 2 is 1.04 bits per heavy atom. The Balaban J connectivity index is 0.000000195. The van der Waals surface area contributed by atoms with Crippen LogP contribution in [0.3, 0.4) is 0 Å². The van der Waals surface area contributed by atoms with Gasteiger partial charge in [0.1, 0.15) is 22.8 Å². The zero-order valence-electron chi connectivity index (χ0n) is 26.3. The number of hydrogen-bond acceptors (Lipinski definition) is 7. The second-order valence-electron chi connectivity index (χ2n) is 10.3. The van der Waals surface area contributed by atoms with E-state index in [1.165, 1.54) is 52.0 Å². The van der Waals surface area contributed by atoms with Gasteiger partial charge in [0.05, 0.1) is 30.4 Å². The number of aromatic carboxylic acids is 1. The number of ether oxygens (including phenoxy) is 1. The van der Waals surface area contributed by atoms with Crippen molar-refractivity contribution in [2.75, 3.05) is 17.2 Å². The minimum absolute atomic E-state index is 0.0306. The van der Waals surface area contributed by atoms with Crippen LogP contribution in [0.5, 0.6) is 0 Å². The average Bonchev–Trinajstić information content (AvgIpc) is 3.74. The van der Waals surface area contributed by atoms with Crippen LogP contribution in [0, 0.1) is 11.6 Å². The molecule has 12 nitrogen and oxygen atoms in total. The van der Waals surface area contributed by atoms with Crippen LogP contribution < -0.4 is 10.6 Å². The summed E-state index contributed by atoms with van der Waals surface area (Å²) in [7, 11) is 0. The van der Waals surface area contributed by atoms with Crippen LogP contribution in [0.15, 0.2) is 122 Å². The number of halogens is 2. The molecule has 0 saturated heterocycles. The summed E-state index contributed by atoms with van der Waals surface area (Å²) < 4.78 is 33.8. The Hall–Kier alpha value is -6.96. The molecule has 0 unspecified atom stereocenters. The van der Waals surface area contributed by atoms with Gasteiger partial charge >= 0.3 is 11.9 Å². The van der Waals surface area contributed by atoms with Gasteiger partial charge in [0.2, 0.25) is 0 Å². The van der Waals surface area contributed by atoms with E-state index < -0.39 is 35.4 Å². The fourth-order valence-electron chi connectivity index (χ4n) is 4.54. The van der Waals surface area contributed by atoms with Crippen molar-refractivity contribution in [1.29, 1.82) is 0 Å². The van der Waals surface area contributed by atoms with Crippen molar-refractivity contribution in [3.05, 3.63) is 155 Å². The molecule has 14 heteroatoms. The molecule has 2 heterocycles. The predicted octanol–water partition coefficient (Wildman–Crippen LogP) is 6.40. The maximum atomic E-state index is 13.1. The summed E-state index contributed by atoms with van der Waals surface area (Å²) in [6, 6.07) is 27.9. The number of rotatable bonds is 9. The number of para-hydroxylation sites is 2. The first-order valence-electron chi connectivity index (χ1n) is 15.0. The number of hydrogen-bond donors (Lipinski definition) is 3. The van der Waals surface area contributed by atoms with Gasteiger partial charge in [0, 0.05) is 11.1 Å². The number of aromatic nitrogens is 4. The molecule has 0 aliphatic heterocycles. The molecule has 3 N–H and O–H groups in total. The first kappa shape index (κ1) is 34.4. The monoisotopic (exact) mass is 678 g/mol. The van der Waals surface area contributed by atoms with Gasteiger partial charge < -0.3 is 20.5 Å². The maximum Gasteiger partial charge on any atom is 0.343 e. The van der Waals surface area contributed by atoms with Gasteiger partial charge in [0.25, 0.3) is 11.8 Å². The van der Waals surface area contributed by atoms with E-state index in [4.69, 9.17) is 4.74 Å². The highest BCUT2D eigenvalue weighted by molar-refractivity contribution is 6.08. The number of carbonyl (C=O) groups excluding carboxylic acids is 3. The van der Waals surface area contributed by atoms with Gasteiger partial charge in [-0.25, -0.2) is 27.7 Å². The van der Waals surface area contributed by atoms with E-state index in [-0.39, 0.29) is 40.5 Å². The van der Waals surface area contributed by atoms with Crippen LogP contribution in [0.4, 0.5) is 20.4 Å². The van der Waals surface area contributed by atoms with E-state index in [0.717, 1.165) is 18.3 Å². The molecule has 0 atom stereocenters. The summed E-state index contributed by atoms with van der Waals surface area (Å²) >= 11 is 0. The standard InChI is InChI=1S/C19H16FN3O3.C17H12FN3O3/c1-2-26-19(25)16-12-21-23(15-6-4-3-5-7-15)17(16)22-18(24)13-8-10-14(20)11-9-13;18-12-8-6-11(7-9-12)16(22)20-15-14(17(23)24)10-19-21(15)13-4-2-1-3-5-13/h3-12H,2H2,1H3,(H,22,24);1-10H,(H,20,22)(H,23,24). The number of carbonyl (C=O) groups is 4. The molecule has 0 aliphatic rings. The van der Waals surface area contributed by atoms with Crippen molar-refractivity contribution in [1.82, 2.24) is 19.6 Å². The summed E-state index contributed by atoms with van der Waals surface area (Å²) in [5.74, 6) is -3.55. The lowest BCUT2D eigenvalue weighted by atomic mass is 10.2. The third kappa shape index (κ3) is 8.12. The summed E-state index contributed by atoms with van der Waals surface area (Å²) in [6.45, 7) is 1.89. The van der Waals surface area contributed by atoms with Crippen molar-refractivity contribution >= 4 is 35.4 Å². The van der Waals surface area contributed by atoms with Crippen molar-refractivity contribution in [3.63, 3.8) is 0 Å². The lowest BCUT2D eigenvalue weighted by Gasteiger charge is -2.11. The van der Waals surface area contributed by atoms with Crippen LogP contribution in [0.2, 0.25) is 0 Å². The third-order valence-corrected chi connectivity index (χ3v) is 6.94. The number of carboxylic acid groups (broad SMARTS) is 1. The van der Waals surface area contributed by atoms with E-state index in [0.29, 0.717) is 11.4 Å². The van der Waals surface area contributed by atoms with Crippen molar-refractivity contribution in [2.24, 2.45) is 0 Å². The lowest BCUT2D eigenvalue weighted by Crippen LogP contribution is -2.18. The molecular weight excluding hydrogens is 650 g/mol. The highest BCUT2D eigenvalue weighted by atomic mass is 19.1. The Kier molecular flexibility index (Phi) is 10.8. The minimum atomic E-state index is -1.22. The lowest BCUT2D eigenvalue weighted by molar-refractivity contribution is 0.0527. The van der Waals surface area contributed by atoms with Crippen LogP contribution in [-0.4, -0.2) is 55.0 Å². The highest BCUT2D eigenvalue weighted by Gasteiger charge is 2.23. The van der Waals surface area contributed by atoms with E-state index in [9.17, 15) is 33.1 Å². The van der Waals surface area contributed by atoms with Crippen LogP contribution >= 0.6 is 0 Å². The number of esters is 1. The van der Waals surface area contributed by atoms with Gasteiger partial charge in [-0.15, -0.1) is 0 Å². The van der Waals surface area contributed by atoms with Gasteiger partial charge in [-0.2, -0.15) is 10.2 Å². The Morgan fingerprint density at radius 3 is 1.44 bits per heavy atom. The summed E-state index contributed by atoms with van der Waals surface area (Å²) in [5.41, 5.74) is 1.70. The van der Waals surface area contributed by atoms with E-state index in [1.54, 1.807) is 43.3 Å². The van der Waals surface area contributed by atoms with Gasteiger partial charge in [-0.3, -0.25) is 9.59 Å². The smallest absolute Gasteiger partial charge is 0.343 e. The molecule has 0 spiro atoms. The Morgan fingerprint density at radius 1 is 0.640 bits per heavy atom. The maximum absolute atomic E-state index is 13.1. The largest absolute Gasteiger partial charge is 0.477 e.